The van der Waals surface area contributed by atoms with Gasteiger partial charge in [0.05, 0.1) is 11.6 Å². The molecule has 0 saturated carbocycles. The third kappa shape index (κ3) is 3.18. The molecular formula is C13H16N2S. The zero-order chi connectivity index (χ0) is 11.2. The van der Waals surface area contributed by atoms with E-state index in [0.717, 1.165) is 23.7 Å². The SMILES string of the molecule is N#Cc1ccc(NCC2CCSCC2)cc1. The molecule has 1 aliphatic rings. The van der Waals surface area contributed by atoms with E-state index in [-0.39, 0.29) is 0 Å². The zero-order valence-corrected chi connectivity index (χ0v) is 10.1. The van der Waals surface area contributed by atoms with Crippen molar-refractivity contribution in [2.75, 3.05) is 23.4 Å². The third-order valence-corrected chi connectivity index (χ3v) is 4.00. The van der Waals surface area contributed by atoms with Crippen LogP contribution in [0.25, 0.3) is 0 Å². The highest BCUT2D eigenvalue weighted by Crippen LogP contribution is 2.23. The molecule has 2 rings (SSSR count). The Morgan fingerprint density at radius 1 is 1.25 bits per heavy atom. The van der Waals surface area contributed by atoms with Gasteiger partial charge in [0.2, 0.25) is 0 Å². The molecule has 1 aromatic carbocycles. The van der Waals surface area contributed by atoms with Gasteiger partial charge in [0.25, 0.3) is 0 Å². The molecule has 84 valence electrons. The summed E-state index contributed by atoms with van der Waals surface area (Å²) in [5, 5.41) is 12.1. The number of hydrogen-bond donors (Lipinski definition) is 1. The summed E-state index contributed by atoms with van der Waals surface area (Å²) in [6.07, 6.45) is 2.65. The van der Waals surface area contributed by atoms with Crippen LogP contribution < -0.4 is 5.32 Å². The van der Waals surface area contributed by atoms with Crippen LogP contribution in [0.4, 0.5) is 5.69 Å². The molecule has 0 bridgehead atoms. The molecule has 0 atom stereocenters. The number of thioether (sulfide) groups is 1. The maximum Gasteiger partial charge on any atom is 0.0991 e. The fraction of sp³-hybridized carbons (Fsp3) is 0.462. The van der Waals surface area contributed by atoms with Crippen LogP contribution in [0.2, 0.25) is 0 Å². The molecule has 1 N–H and O–H groups in total. The molecule has 0 aromatic heterocycles. The lowest BCUT2D eigenvalue weighted by Gasteiger charge is -2.22. The molecule has 1 aliphatic heterocycles. The highest BCUT2D eigenvalue weighted by molar-refractivity contribution is 7.99. The van der Waals surface area contributed by atoms with Crippen molar-refractivity contribution in [3.8, 4) is 6.07 Å². The molecule has 1 heterocycles. The van der Waals surface area contributed by atoms with E-state index < -0.39 is 0 Å². The smallest absolute Gasteiger partial charge is 0.0991 e. The van der Waals surface area contributed by atoms with Crippen LogP contribution in [0.5, 0.6) is 0 Å². The van der Waals surface area contributed by atoms with E-state index in [9.17, 15) is 0 Å². The molecular weight excluding hydrogens is 216 g/mol. The minimum absolute atomic E-state index is 0.722. The lowest BCUT2D eigenvalue weighted by atomic mass is 10.0. The average Bonchev–Trinajstić information content (AvgIpc) is 2.38. The summed E-state index contributed by atoms with van der Waals surface area (Å²) in [5.41, 5.74) is 1.84. The standard InChI is InChI=1S/C13H16N2S/c14-9-11-1-3-13(4-2-11)15-10-12-5-7-16-8-6-12/h1-4,12,15H,5-8,10H2. The Balaban J connectivity index is 1.82. The van der Waals surface area contributed by atoms with Crippen LogP contribution in [-0.4, -0.2) is 18.1 Å². The minimum atomic E-state index is 0.722. The Hall–Kier alpha value is -1.14. The first-order valence-electron chi connectivity index (χ1n) is 5.70. The first kappa shape index (κ1) is 11.3. The number of nitriles is 1. The van der Waals surface area contributed by atoms with E-state index in [2.05, 4.69) is 23.1 Å². The van der Waals surface area contributed by atoms with Gasteiger partial charge in [-0.05, 0) is 54.5 Å². The van der Waals surface area contributed by atoms with E-state index in [0.29, 0.717) is 0 Å². The topological polar surface area (TPSA) is 35.8 Å². The van der Waals surface area contributed by atoms with Gasteiger partial charge in [-0.2, -0.15) is 17.0 Å². The Bertz CT molecular complexity index is 361. The van der Waals surface area contributed by atoms with Crippen LogP contribution in [0.3, 0.4) is 0 Å². The lowest BCUT2D eigenvalue weighted by molar-refractivity contribution is 0.516. The number of nitrogens with one attached hydrogen (secondary N) is 1. The molecule has 2 nitrogen and oxygen atoms in total. The van der Waals surface area contributed by atoms with Gasteiger partial charge < -0.3 is 5.32 Å². The molecule has 0 amide bonds. The molecule has 1 aromatic rings. The number of rotatable bonds is 3. The third-order valence-electron chi connectivity index (χ3n) is 2.95. The largest absolute Gasteiger partial charge is 0.385 e. The van der Waals surface area contributed by atoms with Crippen molar-refractivity contribution in [3.63, 3.8) is 0 Å². The number of anilines is 1. The van der Waals surface area contributed by atoms with Crippen molar-refractivity contribution in [2.45, 2.75) is 12.8 Å². The zero-order valence-electron chi connectivity index (χ0n) is 9.28. The van der Waals surface area contributed by atoms with Crippen LogP contribution in [0, 0.1) is 17.2 Å². The molecule has 0 radical (unpaired) electrons. The molecule has 1 fully saturated rings. The van der Waals surface area contributed by atoms with Crippen LogP contribution >= 0.6 is 11.8 Å². The normalized spacial score (nSPS) is 16.7. The first-order valence-corrected chi connectivity index (χ1v) is 6.86. The van der Waals surface area contributed by atoms with E-state index in [1.807, 2.05) is 24.3 Å². The summed E-state index contributed by atoms with van der Waals surface area (Å²) >= 11 is 2.06. The van der Waals surface area contributed by atoms with Crippen LogP contribution in [0.15, 0.2) is 24.3 Å². The second-order valence-corrected chi connectivity index (χ2v) is 5.35. The van der Waals surface area contributed by atoms with Crippen molar-refractivity contribution < 1.29 is 0 Å². The van der Waals surface area contributed by atoms with E-state index >= 15 is 0 Å². The van der Waals surface area contributed by atoms with Gasteiger partial charge in [0.1, 0.15) is 0 Å². The average molecular weight is 232 g/mol. The quantitative estimate of drug-likeness (QED) is 0.869. The molecule has 1 saturated heterocycles. The highest BCUT2D eigenvalue weighted by Gasteiger charge is 2.12. The highest BCUT2D eigenvalue weighted by atomic mass is 32.2. The first-order chi connectivity index (χ1) is 7.88. The van der Waals surface area contributed by atoms with Gasteiger partial charge in [0, 0.05) is 12.2 Å². The van der Waals surface area contributed by atoms with Crippen molar-refractivity contribution in [1.29, 1.82) is 5.26 Å². The molecule has 0 unspecified atom stereocenters. The van der Waals surface area contributed by atoms with E-state index in [1.165, 1.54) is 24.3 Å². The molecule has 3 heteroatoms. The Labute approximate surface area is 101 Å². The van der Waals surface area contributed by atoms with Crippen molar-refractivity contribution in [3.05, 3.63) is 29.8 Å². The minimum Gasteiger partial charge on any atom is -0.385 e. The summed E-state index contributed by atoms with van der Waals surface area (Å²) in [6, 6.07) is 9.81. The van der Waals surface area contributed by atoms with Crippen molar-refractivity contribution in [1.82, 2.24) is 0 Å². The van der Waals surface area contributed by atoms with Gasteiger partial charge >= 0.3 is 0 Å². The fourth-order valence-electron chi connectivity index (χ4n) is 1.88. The lowest BCUT2D eigenvalue weighted by Crippen LogP contribution is -2.19. The van der Waals surface area contributed by atoms with Gasteiger partial charge in [0.15, 0.2) is 0 Å². The second kappa shape index (κ2) is 5.81. The van der Waals surface area contributed by atoms with E-state index in [1.54, 1.807) is 0 Å². The monoisotopic (exact) mass is 232 g/mol. The van der Waals surface area contributed by atoms with Gasteiger partial charge in [-0.3, -0.25) is 0 Å². The molecule has 0 spiro atoms. The Kier molecular flexibility index (Phi) is 4.12. The number of benzene rings is 1. The maximum absolute atomic E-state index is 8.69. The van der Waals surface area contributed by atoms with Gasteiger partial charge in [-0.25, -0.2) is 0 Å². The summed E-state index contributed by atoms with van der Waals surface area (Å²) in [6.45, 7) is 1.06. The Morgan fingerprint density at radius 3 is 2.56 bits per heavy atom. The summed E-state index contributed by atoms with van der Waals surface area (Å²) in [7, 11) is 0. The Morgan fingerprint density at radius 2 is 1.94 bits per heavy atom. The predicted octanol–water partition coefficient (Wildman–Crippen LogP) is 3.11. The maximum atomic E-state index is 8.69. The molecule has 0 aliphatic carbocycles. The molecule has 16 heavy (non-hydrogen) atoms. The van der Waals surface area contributed by atoms with Gasteiger partial charge in [-0.1, -0.05) is 0 Å². The second-order valence-electron chi connectivity index (χ2n) is 4.13. The number of hydrogen-bond acceptors (Lipinski definition) is 3. The van der Waals surface area contributed by atoms with E-state index in [4.69, 9.17) is 5.26 Å². The van der Waals surface area contributed by atoms with Crippen molar-refractivity contribution >= 4 is 17.4 Å². The predicted molar refractivity (Wildman–Crippen MR) is 69.7 cm³/mol. The van der Waals surface area contributed by atoms with Crippen molar-refractivity contribution in [2.24, 2.45) is 5.92 Å². The van der Waals surface area contributed by atoms with Gasteiger partial charge in [-0.15, -0.1) is 0 Å². The summed E-state index contributed by atoms with van der Waals surface area (Å²) in [5.74, 6) is 3.43. The van der Waals surface area contributed by atoms with Crippen LogP contribution in [0.1, 0.15) is 18.4 Å². The summed E-state index contributed by atoms with van der Waals surface area (Å²) < 4.78 is 0. The summed E-state index contributed by atoms with van der Waals surface area (Å²) in [4.78, 5) is 0. The fourth-order valence-corrected chi connectivity index (χ4v) is 3.08. The van der Waals surface area contributed by atoms with Crippen LogP contribution in [-0.2, 0) is 0 Å². The number of nitrogens with zero attached hydrogens (tertiary/aromatic N) is 1.